The van der Waals surface area contributed by atoms with Crippen molar-refractivity contribution in [3.8, 4) is 21.7 Å². The maximum atomic E-state index is 13.9. The first-order chi connectivity index (χ1) is 17.5. The van der Waals surface area contributed by atoms with Crippen molar-refractivity contribution in [3.05, 3.63) is 96.1 Å². The number of rotatable bonds is 3. The van der Waals surface area contributed by atoms with Gasteiger partial charge in [0.05, 0.1) is 25.7 Å². The van der Waals surface area contributed by atoms with Gasteiger partial charge in [-0.3, -0.25) is 4.99 Å². The van der Waals surface area contributed by atoms with Gasteiger partial charge in [0.15, 0.2) is 0 Å². The third-order valence-corrected chi connectivity index (χ3v) is 10.2. The van der Waals surface area contributed by atoms with E-state index in [9.17, 15) is 8.42 Å². The van der Waals surface area contributed by atoms with Crippen LogP contribution in [0.3, 0.4) is 0 Å². The van der Waals surface area contributed by atoms with Crippen LogP contribution in [0.1, 0.15) is 30.4 Å². The summed E-state index contributed by atoms with van der Waals surface area (Å²) in [4.78, 5) is 10.5. The fourth-order valence-corrected chi connectivity index (χ4v) is 8.24. The van der Waals surface area contributed by atoms with E-state index in [1.54, 1.807) is 17.4 Å². The van der Waals surface area contributed by atoms with Crippen LogP contribution in [-0.4, -0.2) is 19.1 Å². The van der Waals surface area contributed by atoms with Crippen LogP contribution < -0.4 is 0 Å². The topological polar surface area (TPSA) is 59.4 Å². The summed E-state index contributed by atoms with van der Waals surface area (Å²) in [5.74, 6) is 0.00823. The lowest BCUT2D eigenvalue weighted by Crippen LogP contribution is -2.10. The summed E-state index contributed by atoms with van der Waals surface area (Å²) in [6.45, 7) is 2.09. The Morgan fingerprint density at radius 3 is 2.42 bits per heavy atom. The molecule has 1 unspecified atom stereocenters. The first-order valence-electron chi connectivity index (χ1n) is 12.1. The number of aliphatic imine (C=N–C) groups is 1. The number of hydrogen-bond donors (Lipinski definition) is 0. The Hall–Kier alpha value is -3.61. The Morgan fingerprint density at radius 2 is 1.61 bits per heavy atom. The zero-order chi connectivity index (χ0) is 24.4. The largest absolute Gasteiger partial charge is 0.257 e. The third-order valence-electron chi connectivity index (χ3n) is 7.23. The predicted octanol–water partition coefficient (Wildman–Crippen LogP) is 7.60. The summed E-state index contributed by atoms with van der Waals surface area (Å²) < 4.78 is 28.9. The molecular formula is C30H22N2O2S2. The zero-order valence-corrected chi connectivity index (χ0v) is 21.2. The molecule has 0 N–H and O–H groups in total. The molecule has 0 bridgehead atoms. The number of para-hydroxylation sites is 1. The van der Waals surface area contributed by atoms with Crippen LogP contribution in [0.15, 0.2) is 99.7 Å². The summed E-state index contributed by atoms with van der Waals surface area (Å²) in [5, 5.41) is 0.975. The number of benzene rings is 4. The smallest absolute Gasteiger partial charge is 0.207 e. The van der Waals surface area contributed by atoms with Crippen molar-refractivity contribution in [2.45, 2.75) is 35.5 Å². The molecule has 1 aromatic heterocycles. The minimum Gasteiger partial charge on any atom is -0.257 e. The molecule has 7 rings (SSSR count). The molecule has 6 heteroatoms. The van der Waals surface area contributed by atoms with Gasteiger partial charge in [0.1, 0.15) is 5.01 Å². The van der Waals surface area contributed by atoms with Crippen LogP contribution in [0.2, 0.25) is 0 Å². The second kappa shape index (κ2) is 7.95. The fourth-order valence-electron chi connectivity index (χ4n) is 5.46. The lowest BCUT2D eigenvalue weighted by atomic mass is 9.87. The molecule has 3 heterocycles. The molecule has 0 spiro atoms. The van der Waals surface area contributed by atoms with Gasteiger partial charge in [-0.1, -0.05) is 61.5 Å². The summed E-state index contributed by atoms with van der Waals surface area (Å²) in [7, 11) is -3.66. The van der Waals surface area contributed by atoms with Crippen LogP contribution in [0.25, 0.3) is 31.9 Å². The Morgan fingerprint density at radius 1 is 0.861 bits per heavy atom. The normalized spacial score (nSPS) is 17.4. The highest BCUT2D eigenvalue weighted by molar-refractivity contribution is 7.91. The van der Waals surface area contributed by atoms with E-state index in [4.69, 9.17) is 9.98 Å². The maximum absolute atomic E-state index is 13.9. The number of fused-ring (bicyclic) bond motifs is 2. The van der Waals surface area contributed by atoms with E-state index in [0.717, 1.165) is 60.9 Å². The zero-order valence-electron chi connectivity index (χ0n) is 19.6. The Kier molecular flexibility index (Phi) is 4.78. The lowest BCUT2D eigenvalue weighted by Gasteiger charge is -2.14. The SMILES string of the molecule is CCC1=Nc2cc(-c3ccc(-c4nc5ccccc5s4)cc3)cc3c2C1Cc1ccccc1S3(=O)=O. The molecule has 36 heavy (non-hydrogen) atoms. The van der Waals surface area contributed by atoms with Gasteiger partial charge in [0.2, 0.25) is 9.84 Å². The molecule has 0 radical (unpaired) electrons. The summed E-state index contributed by atoms with van der Waals surface area (Å²) in [6.07, 6.45) is 1.46. The Balaban J connectivity index is 1.37. The minimum absolute atomic E-state index is 0.00823. The highest BCUT2D eigenvalue weighted by atomic mass is 32.2. The van der Waals surface area contributed by atoms with Gasteiger partial charge >= 0.3 is 0 Å². The van der Waals surface area contributed by atoms with Gasteiger partial charge in [0.25, 0.3) is 0 Å². The van der Waals surface area contributed by atoms with E-state index < -0.39 is 9.84 Å². The molecule has 0 aliphatic carbocycles. The quantitative estimate of drug-likeness (QED) is 0.253. The highest BCUT2D eigenvalue weighted by Gasteiger charge is 2.38. The molecule has 4 nitrogen and oxygen atoms in total. The van der Waals surface area contributed by atoms with E-state index >= 15 is 0 Å². The van der Waals surface area contributed by atoms with E-state index in [1.807, 2.05) is 60.7 Å². The first-order valence-corrected chi connectivity index (χ1v) is 14.4. The van der Waals surface area contributed by atoms with Crippen LogP contribution in [0.5, 0.6) is 0 Å². The van der Waals surface area contributed by atoms with Gasteiger partial charge in [0, 0.05) is 22.8 Å². The van der Waals surface area contributed by atoms with Crippen LogP contribution in [0.4, 0.5) is 5.69 Å². The van der Waals surface area contributed by atoms with Gasteiger partial charge < -0.3 is 0 Å². The van der Waals surface area contributed by atoms with Crippen LogP contribution in [0, 0.1) is 0 Å². The molecular weight excluding hydrogens is 484 g/mol. The highest BCUT2D eigenvalue weighted by Crippen LogP contribution is 2.48. The molecule has 5 aromatic rings. The van der Waals surface area contributed by atoms with E-state index in [0.29, 0.717) is 16.2 Å². The number of aromatic nitrogens is 1. The average molecular weight is 507 g/mol. The molecule has 0 saturated carbocycles. The fraction of sp³-hybridized carbons (Fsp3) is 0.133. The maximum Gasteiger partial charge on any atom is 0.207 e. The molecule has 0 saturated heterocycles. The molecule has 0 amide bonds. The summed E-state index contributed by atoms with van der Waals surface area (Å²) in [5.41, 5.74) is 7.45. The molecule has 4 aromatic carbocycles. The second-order valence-corrected chi connectivity index (χ2v) is 12.2. The first kappa shape index (κ1) is 21.7. The average Bonchev–Trinajstić information content (AvgIpc) is 3.47. The lowest BCUT2D eigenvalue weighted by molar-refractivity contribution is 0.595. The van der Waals surface area contributed by atoms with Gasteiger partial charge in [-0.05, 0) is 59.9 Å². The Labute approximate surface area is 213 Å². The van der Waals surface area contributed by atoms with E-state index in [-0.39, 0.29) is 5.92 Å². The second-order valence-electron chi connectivity index (χ2n) is 9.30. The van der Waals surface area contributed by atoms with Crippen molar-refractivity contribution in [2.24, 2.45) is 4.99 Å². The molecule has 176 valence electrons. The van der Waals surface area contributed by atoms with E-state index in [2.05, 4.69) is 25.1 Å². The van der Waals surface area contributed by atoms with Gasteiger partial charge in [-0.15, -0.1) is 11.3 Å². The summed E-state index contributed by atoms with van der Waals surface area (Å²) >= 11 is 1.67. The monoisotopic (exact) mass is 506 g/mol. The predicted molar refractivity (Wildman–Crippen MR) is 146 cm³/mol. The molecule has 2 aliphatic rings. The third kappa shape index (κ3) is 3.21. The molecule has 1 atom stereocenters. The number of nitrogens with zero attached hydrogens (tertiary/aromatic N) is 2. The number of hydrogen-bond acceptors (Lipinski definition) is 5. The van der Waals surface area contributed by atoms with Crippen molar-refractivity contribution >= 4 is 42.8 Å². The summed E-state index contributed by atoms with van der Waals surface area (Å²) in [6, 6.07) is 27.7. The van der Waals surface area contributed by atoms with Gasteiger partial charge in [-0.25, -0.2) is 13.4 Å². The van der Waals surface area contributed by atoms with Crippen LogP contribution in [-0.2, 0) is 16.3 Å². The minimum atomic E-state index is -3.66. The van der Waals surface area contributed by atoms with E-state index in [1.165, 1.54) is 0 Å². The standard InChI is InChI=1S/C30H22N2O2S2/c1-2-23-22-15-20-7-3-6-10-27(20)36(33,34)28-17-21(16-25(31-23)29(22)28)18-11-13-19(14-12-18)30-32-24-8-4-5-9-26(24)35-30/h3-14,16-17,22H,2,15H2,1H3. The van der Waals surface area contributed by atoms with Crippen LogP contribution >= 0.6 is 11.3 Å². The van der Waals surface area contributed by atoms with Gasteiger partial charge in [-0.2, -0.15) is 0 Å². The molecule has 2 aliphatic heterocycles. The molecule has 0 fully saturated rings. The van der Waals surface area contributed by atoms with Crippen molar-refractivity contribution in [2.75, 3.05) is 0 Å². The van der Waals surface area contributed by atoms with Crippen molar-refractivity contribution in [3.63, 3.8) is 0 Å². The Bertz CT molecular complexity index is 1780. The van der Waals surface area contributed by atoms with Crippen molar-refractivity contribution in [1.29, 1.82) is 0 Å². The van der Waals surface area contributed by atoms with Crippen molar-refractivity contribution in [1.82, 2.24) is 4.98 Å². The number of sulfone groups is 1. The van der Waals surface area contributed by atoms with Crippen molar-refractivity contribution < 1.29 is 8.42 Å². The number of thiazole rings is 1.